The van der Waals surface area contributed by atoms with Crippen molar-refractivity contribution in [2.24, 2.45) is 0 Å². The number of nitrogens with one attached hydrogen (secondary N) is 2. The van der Waals surface area contributed by atoms with E-state index in [0.717, 1.165) is 24.1 Å². The summed E-state index contributed by atoms with van der Waals surface area (Å²) in [6.45, 7) is 0. The Kier molecular flexibility index (Phi) is 4.73. The predicted molar refractivity (Wildman–Crippen MR) is 103 cm³/mol. The van der Waals surface area contributed by atoms with E-state index in [1.165, 1.54) is 35.6 Å². The summed E-state index contributed by atoms with van der Waals surface area (Å²) in [4.78, 5) is 21.0. The van der Waals surface area contributed by atoms with Crippen molar-refractivity contribution in [3.05, 3.63) is 59.7 Å². The molecule has 3 aromatic rings. The van der Waals surface area contributed by atoms with Gasteiger partial charge in [-0.1, -0.05) is 0 Å². The summed E-state index contributed by atoms with van der Waals surface area (Å²) in [6.07, 6.45) is 5.13. The maximum Gasteiger partial charge on any atom is 0.257 e. The first kappa shape index (κ1) is 17.8. The number of rotatable bonds is 6. The van der Waals surface area contributed by atoms with Crippen molar-refractivity contribution in [2.75, 3.05) is 5.32 Å². The number of hydrogen-bond acceptors (Lipinski definition) is 6. The summed E-state index contributed by atoms with van der Waals surface area (Å²) in [5.74, 6) is -0.346. The molecule has 2 heterocycles. The number of benzene rings is 1. The Morgan fingerprint density at radius 2 is 1.93 bits per heavy atom. The number of anilines is 1. The highest BCUT2D eigenvalue weighted by atomic mass is 32.2. The quantitative estimate of drug-likeness (QED) is 0.663. The number of thiazole rings is 1. The molecule has 0 unspecified atom stereocenters. The Morgan fingerprint density at radius 1 is 1.15 bits per heavy atom. The molecule has 9 heteroatoms. The first-order valence-corrected chi connectivity index (χ1v) is 10.7. The lowest BCUT2D eigenvalue weighted by Gasteiger charge is -2.06. The van der Waals surface area contributed by atoms with Crippen LogP contribution in [0.15, 0.2) is 59.1 Å². The number of pyridine rings is 1. The Hall–Kier alpha value is -2.62. The van der Waals surface area contributed by atoms with Gasteiger partial charge in [-0.15, -0.1) is 11.3 Å². The number of nitrogens with zero attached hydrogens (tertiary/aromatic N) is 2. The van der Waals surface area contributed by atoms with Crippen LogP contribution in [0.25, 0.3) is 11.3 Å². The molecule has 1 aromatic carbocycles. The molecule has 1 aliphatic rings. The monoisotopic (exact) mass is 400 g/mol. The lowest BCUT2D eigenvalue weighted by Crippen LogP contribution is -2.25. The SMILES string of the molecule is O=C(Nc1nc(-c2cccnc2)cs1)c1ccc(S(=O)(=O)NC2CC2)cc1. The largest absolute Gasteiger partial charge is 0.298 e. The zero-order valence-corrected chi connectivity index (χ0v) is 15.8. The fraction of sp³-hybridized carbons (Fsp3) is 0.167. The van der Waals surface area contributed by atoms with E-state index in [-0.39, 0.29) is 16.8 Å². The molecule has 1 saturated carbocycles. The van der Waals surface area contributed by atoms with E-state index in [0.29, 0.717) is 10.7 Å². The van der Waals surface area contributed by atoms with Gasteiger partial charge < -0.3 is 0 Å². The van der Waals surface area contributed by atoms with E-state index in [2.05, 4.69) is 20.0 Å². The van der Waals surface area contributed by atoms with Crippen LogP contribution in [0.3, 0.4) is 0 Å². The van der Waals surface area contributed by atoms with Crippen LogP contribution in [0.4, 0.5) is 5.13 Å². The first-order valence-electron chi connectivity index (χ1n) is 8.31. The summed E-state index contributed by atoms with van der Waals surface area (Å²) in [6, 6.07) is 9.60. The van der Waals surface area contributed by atoms with E-state index in [4.69, 9.17) is 0 Å². The maximum absolute atomic E-state index is 12.4. The summed E-state index contributed by atoms with van der Waals surface area (Å²) in [5, 5.41) is 5.03. The maximum atomic E-state index is 12.4. The number of sulfonamides is 1. The highest BCUT2D eigenvalue weighted by Crippen LogP contribution is 2.25. The molecule has 1 fully saturated rings. The van der Waals surface area contributed by atoms with E-state index in [9.17, 15) is 13.2 Å². The number of amides is 1. The van der Waals surface area contributed by atoms with Crippen molar-refractivity contribution in [1.82, 2.24) is 14.7 Å². The van der Waals surface area contributed by atoms with Gasteiger partial charge in [0, 0.05) is 34.9 Å². The lowest BCUT2D eigenvalue weighted by molar-refractivity contribution is 0.102. The molecule has 0 radical (unpaired) electrons. The summed E-state index contributed by atoms with van der Waals surface area (Å²) >= 11 is 1.31. The number of hydrogen-bond donors (Lipinski definition) is 2. The van der Waals surface area contributed by atoms with Gasteiger partial charge in [0.2, 0.25) is 10.0 Å². The van der Waals surface area contributed by atoms with Crippen molar-refractivity contribution in [3.8, 4) is 11.3 Å². The third-order valence-corrected chi connectivity index (χ3v) is 6.30. The molecule has 1 amide bonds. The predicted octanol–water partition coefficient (Wildman–Crippen LogP) is 2.90. The molecule has 0 aliphatic heterocycles. The first-order chi connectivity index (χ1) is 13.0. The molecule has 4 rings (SSSR count). The average Bonchev–Trinajstić information content (AvgIpc) is 3.36. The Balaban J connectivity index is 1.45. The van der Waals surface area contributed by atoms with E-state index in [1.54, 1.807) is 12.4 Å². The molecule has 138 valence electrons. The fourth-order valence-electron chi connectivity index (χ4n) is 2.42. The van der Waals surface area contributed by atoms with Crippen molar-refractivity contribution < 1.29 is 13.2 Å². The van der Waals surface area contributed by atoms with Gasteiger partial charge in [-0.3, -0.25) is 15.1 Å². The number of carbonyl (C=O) groups is 1. The molecule has 0 saturated heterocycles. The molecule has 2 aromatic heterocycles. The number of carbonyl (C=O) groups excluding carboxylic acids is 1. The van der Waals surface area contributed by atoms with Gasteiger partial charge in [0.1, 0.15) is 0 Å². The third-order valence-electron chi connectivity index (χ3n) is 4.01. The molecule has 0 spiro atoms. The highest BCUT2D eigenvalue weighted by Gasteiger charge is 2.28. The molecule has 1 aliphatic carbocycles. The van der Waals surface area contributed by atoms with Gasteiger partial charge >= 0.3 is 0 Å². The molecule has 2 N–H and O–H groups in total. The second-order valence-corrected chi connectivity index (χ2v) is 8.73. The van der Waals surface area contributed by atoms with Crippen LogP contribution in [-0.4, -0.2) is 30.3 Å². The molecule has 27 heavy (non-hydrogen) atoms. The molecule has 0 atom stereocenters. The van der Waals surface area contributed by atoms with Gasteiger partial charge in [-0.05, 0) is 49.2 Å². The minimum Gasteiger partial charge on any atom is -0.298 e. The zero-order valence-electron chi connectivity index (χ0n) is 14.1. The van der Waals surface area contributed by atoms with Gasteiger partial charge in [0.25, 0.3) is 5.91 Å². The summed E-state index contributed by atoms with van der Waals surface area (Å²) in [7, 11) is -3.52. The third kappa shape index (κ3) is 4.21. The lowest BCUT2D eigenvalue weighted by atomic mass is 10.2. The minimum atomic E-state index is -3.52. The average molecular weight is 400 g/mol. The van der Waals surface area contributed by atoms with Crippen molar-refractivity contribution >= 4 is 32.4 Å². The summed E-state index contributed by atoms with van der Waals surface area (Å²) < 4.78 is 26.9. The van der Waals surface area contributed by atoms with Crippen LogP contribution in [0.5, 0.6) is 0 Å². The Bertz CT molecular complexity index is 1060. The molecule has 7 nitrogen and oxygen atoms in total. The van der Waals surface area contributed by atoms with E-state index < -0.39 is 10.0 Å². The molecular formula is C18H16N4O3S2. The Morgan fingerprint density at radius 3 is 2.59 bits per heavy atom. The van der Waals surface area contributed by atoms with Crippen LogP contribution in [0, 0.1) is 0 Å². The topological polar surface area (TPSA) is 101 Å². The highest BCUT2D eigenvalue weighted by molar-refractivity contribution is 7.89. The normalized spacial score (nSPS) is 14.1. The van der Waals surface area contributed by atoms with Gasteiger partial charge in [-0.25, -0.2) is 18.1 Å². The minimum absolute atomic E-state index is 0.0388. The fourth-order valence-corrected chi connectivity index (χ4v) is 4.44. The summed E-state index contributed by atoms with van der Waals surface area (Å²) in [5.41, 5.74) is 1.96. The van der Waals surface area contributed by atoms with Crippen LogP contribution >= 0.6 is 11.3 Å². The van der Waals surface area contributed by atoms with Gasteiger partial charge in [0.15, 0.2) is 5.13 Å². The van der Waals surface area contributed by atoms with E-state index in [1.807, 2.05) is 17.5 Å². The molecular weight excluding hydrogens is 384 g/mol. The Labute approximate surface area is 160 Å². The smallest absolute Gasteiger partial charge is 0.257 e. The van der Waals surface area contributed by atoms with Crippen molar-refractivity contribution in [2.45, 2.75) is 23.8 Å². The zero-order chi connectivity index (χ0) is 18.9. The van der Waals surface area contributed by atoms with Crippen molar-refractivity contribution in [3.63, 3.8) is 0 Å². The second kappa shape index (κ2) is 7.18. The van der Waals surface area contributed by atoms with Crippen LogP contribution in [-0.2, 0) is 10.0 Å². The van der Waals surface area contributed by atoms with E-state index >= 15 is 0 Å². The molecule has 0 bridgehead atoms. The van der Waals surface area contributed by atoms with Gasteiger partial charge in [0.05, 0.1) is 10.6 Å². The van der Waals surface area contributed by atoms with Crippen LogP contribution in [0.1, 0.15) is 23.2 Å². The standard InChI is InChI=1S/C18H16N4O3S2/c23-17(21-18-20-16(11-26-18)13-2-1-9-19-10-13)12-3-7-15(8-4-12)27(24,25)22-14-5-6-14/h1-4,7-11,14,22H,5-6H2,(H,20,21,23). The van der Waals surface area contributed by atoms with Crippen LogP contribution < -0.4 is 10.0 Å². The second-order valence-electron chi connectivity index (χ2n) is 6.15. The number of aromatic nitrogens is 2. The van der Waals surface area contributed by atoms with Crippen LogP contribution in [0.2, 0.25) is 0 Å². The van der Waals surface area contributed by atoms with Crippen molar-refractivity contribution in [1.29, 1.82) is 0 Å². The van der Waals surface area contributed by atoms with Gasteiger partial charge in [-0.2, -0.15) is 0 Å².